The van der Waals surface area contributed by atoms with E-state index in [9.17, 15) is 13.6 Å². The van der Waals surface area contributed by atoms with Crippen molar-refractivity contribution in [2.24, 2.45) is 0 Å². The summed E-state index contributed by atoms with van der Waals surface area (Å²) >= 11 is 5.93. The molecule has 0 radical (unpaired) electrons. The lowest BCUT2D eigenvalue weighted by molar-refractivity contribution is -0.0497. The molecule has 1 heterocycles. The molecule has 0 bridgehead atoms. The van der Waals surface area contributed by atoms with Crippen LogP contribution in [-0.4, -0.2) is 13.7 Å². The number of halogens is 3. The van der Waals surface area contributed by atoms with Crippen LogP contribution in [0.1, 0.15) is 5.56 Å². The highest BCUT2D eigenvalue weighted by Crippen LogP contribution is 2.29. The number of rotatable bonds is 6. The summed E-state index contributed by atoms with van der Waals surface area (Å²) in [5.74, 6) is 0.470. The average Bonchev–Trinajstić information content (AvgIpc) is 2.60. The van der Waals surface area contributed by atoms with Crippen LogP contribution in [0.25, 0.3) is 11.0 Å². The first-order chi connectivity index (χ1) is 12.5. The largest absolute Gasteiger partial charge is 0.497 e. The number of alkyl halides is 2. The Morgan fingerprint density at radius 2 is 2.00 bits per heavy atom. The van der Waals surface area contributed by atoms with Gasteiger partial charge in [-0.1, -0.05) is 11.6 Å². The summed E-state index contributed by atoms with van der Waals surface area (Å²) < 4.78 is 39.2. The average molecular weight is 382 g/mol. The van der Waals surface area contributed by atoms with E-state index in [4.69, 9.17) is 20.8 Å². The van der Waals surface area contributed by atoms with Gasteiger partial charge >= 0.3 is 12.2 Å². The van der Waals surface area contributed by atoms with Gasteiger partial charge in [-0.05, 0) is 35.9 Å². The molecule has 26 heavy (non-hydrogen) atoms. The number of benzene rings is 2. The molecule has 0 aliphatic heterocycles. The predicted octanol–water partition coefficient (Wildman–Crippen LogP) is 4.67. The van der Waals surface area contributed by atoms with Gasteiger partial charge in [0.05, 0.1) is 12.1 Å². The molecule has 0 saturated carbocycles. The normalized spacial score (nSPS) is 11.0. The first-order valence-corrected chi connectivity index (χ1v) is 7.93. The predicted molar refractivity (Wildman–Crippen MR) is 94.4 cm³/mol. The third-order valence-electron chi connectivity index (χ3n) is 3.67. The molecule has 2 aromatic carbocycles. The maximum Gasteiger partial charge on any atom is 0.387 e. The van der Waals surface area contributed by atoms with Gasteiger partial charge in [0.25, 0.3) is 0 Å². The second-order valence-electron chi connectivity index (χ2n) is 5.33. The zero-order chi connectivity index (χ0) is 18.7. The topological polar surface area (TPSA) is 60.7 Å². The summed E-state index contributed by atoms with van der Waals surface area (Å²) in [7, 11) is 1.52. The first kappa shape index (κ1) is 18.0. The van der Waals surface area contributed by atoms with Gasteiger partial charge in [0.15, 0.2) is 0 Å². The third-order valence-corrected chi connectivity index (χ3v) is 3.96. The van der Waals surface area contributed by atoms with E-state index in [1.165, 1.54) is 25.3 Å². The van der Waals surface area contributed by atoms with Crippen LogP contribution < -0.4 is 20.4 Å². The van der Waals surface area contributed by atoms with Crippen molar-refractivity contribution in [1.29, 1.82) is 0 Å². The molecule has 0 fully saturated rings. The van der Waals surface area contributed by atoms with E-state index in [0.29, 0.717) is 29.1 Å². The minimum absolute atomic E-state index is 0.0532. The zero-order valence-corrected chi connectivity index (χ0v) is 14.3. The zero-order valence-electron chi connectivity index (χ0n) is 13.6. The highest BCUT2D eigenvalue weighted by Gasteiger charge is 2.10. The fourth-order valence-electron chi connectivity index (χ4n) is 2.48. The molecule has 3 rings (SSSR count). The van der Waals surface area contributed by atoms with E-state index in [1.54, 1.807) is 24.3 Å². The number of anilines is 1. The second-order valence-corrected chi connectivity index (χ2v) is 5.74. The maximum atomic E-state index is 12.3. The molecule has 0 aliphatic rings. The molecule has 1 N–H and O–H groups in total. The van der Waals surface area contributed by atoms with Gasteiger partial charge in [0.1, 0.15) is 17.1 Å². The Morgan fingerprint density at radius 1 is 1.19 bits per heavy atom. The molecular weight excluding hydrogens is 368 g/mol. The summed E-state index contributed by atoms with van der Waals surface area (Å²) in [6.45, 7) is -2.64. The van der Waals surface area contributed by atoms with E-state index in [1.807, 2.05) is 0 Å². The third kappa shape index (κ3) is 4.05. The Balaban J connectivity index is 1.83. The van der Waals surface area contributed by atoms with Crippen LogP contribution in [0.3, 0.4) is 0 Å². The van der Waals surface area contributed by atoms with Gasteiger partial charge in [0.2, 0.25) is 0 Å². The standard InChI is InChI=1S/C18H14ClF2NO4/c1-24-12-3-4-13-10(6-17(23)25-16(13)8-12)9-22-11-2-5-15(14(19)7-11)26-18(20)21/h2-8,18,22H,9H2,1H3. The van der Waals surface area contributed by atoms with Gasteiger partial charge in [-0.3, -0.25) is 0 Å². The molecule has 0 saturated heterocycles. The molecule has 8 heteroatoms. The monoisotopic (exact) mass is 381 g/mol. The van der Waals surface area contributed by atoms with Crippen LogP contribution in [0.15, 0.2) is 51.7 Å². The second kappa shape index (κ2) is 7.61. The fourth-order valence-corrected chi connectivity index (χ4v) is 2.71. The highest BCUT2D eigenvalue weighted by molar-refractivity contribution is 6.32. The Morgan fingerprint density at radius 3 is 2.69 bits per heavy atom. The quantitative estimate of drug-likeness (QED) is 0.629. The van der Waals surface area contributed by atoms with Gasteiger partial charge in [0, 0.05) is 29.8 Å². The van der Waals surface area contributed by atoms with E-state index in [-0.39, 0.29) is 10.8 Å². The number of fused-ring (bicyclic) bond motifs is 1. The van der Waals surface area contributed by atoms with E-state index in [2.05, 4.69) is 10.1 Å². The van der Waals surface area contributed by atoms with Gasteiger partial charge in [-0.25, -0.2) is 4.79 Å². The number of hydrogen-bond acceptors (Lipinski definition) is 5. The Bertz CT molecular complexity index is 991. The van der Waals surface area contributed by atoms with E-state index < -0.39 is 12.2 Å². The van der Waals surface area contributed by atoms with Crippen molar-refractivity contribution in [2.75, 3.05) is 12.4 Å². The van der Waals surface area contributed by atoms with Crippen molar-refractivity contribution in [3.8, 4) is 11.5 Å². The summed E-state index contributed by atoms with van der Waals surface area (Å²) in [5.41, 5.74) is 1.23. The Labute approximate surface area is 152 Å². The molecule has 0 aliphatic carbocycles. The van der Waals surface area contributed by atoms with Crippen molar-refractivity contribution in [3.05, 3.63) is 63.5 Å². The lowest BCUT2D eigenvalue weighted by Crippen LogP contribution is -2.06. The SMILES string of the molecule is COc1ccc2c(CNc3ccc(OC(F)F)c(Cl)c3)cc(=O)oc2c1. The molecule has 1 aromatic heterocycles. The summed E-state index contributed by atoms with van der Waals surface area (Å²) in [6.07, 6.45) is 0. The number of nitrogens with one attached hydrogen (secondary N) is 1. The number of methoxy groups -OCH3 is 1. The number of hydrogen-bond donors (Lipinski definition) is 1. The molecule has 0 atom stereocenters. The van der Waals surface area contributed by atoms with Crippen LogP contribution >= 0.6 is 11.6 Å². The van der Waals surface area contributed by atoms with Crippen LogP contribution in [0.2, 0.25) is 5.02 Å². The Kier molecular flexibility index (Phi) is 5.27. The van der Waals surface area contributed by atoms with Crippen molar-refractivity contribution >= 4 is 28.3 Å². The summed E-state index contributed by atoms with van der Waals surface area (Å²) in [5, 5.41) is 3.90. The summed E-state index contributed by atoms with van der Waals surface area (Å²) in [4.78, 5) is 11.8. The lowest BCUT2D eigenvalue weighted by Gasteiger charge is -2.11. The maximum absolute atomic E-state index is 12.3. The van der Waals surface area contributed by atoms with Gasteiger partial charge < -0.3 is 19.2 Å². The molecular formula is C18H14ClF2NO4. The van der Waals surface area contributed by atoms with Crippen LogP contribution in [0.5, 0.6) is 11.5 Å². The molecule has 5 nitrogen and oxygen atoms in total. The highest BCUT2D eigenvalue weighted by atomic mass is 35.5. The van der Waals surface area contributed by atoms with Crippen LogP contribution in [0.4, 0.5) is 14.5 Å². The van der Waals surface area contributed by atoms with E-state index >= 15 is 0 Å². The van der Waals surface area contributed by atoms with Crippen molar-refractivity contribution in [1.82, 2.24) is 0 Å². The van der Waals surface area contributed by atoms with Crippen molar-refractivity contribution < 1.29 is 22.7 Å². The molecule has 136 valence electrons. The van der Waals surface area contributed by atoms with Crippen molar-refractivity contribution in [2.45, 2.75) is 13.2 Å². The van der Waals surface area contributed by atoms with Crippen LogP contribution in [-0.2, 0) is 6.54 Å². The minimum Gasteiger partial charge on any atom is -0.497 e. The first-order valence-electron chi connectivity index (χ1n) is 7.55. The van der Waals surface area contributed by atoms with E-state index in [0.717, 1.165) is 5.39 Å². The van der Waals surface area contributed by atoms with Crippen molar-refractivity contribution in [3.63, 3.8) is 0 Å². The number of ether oxygens (including phenoxy) is 2. The molecule has 0 spiro atoms. The lowest BCUT2D eigenvalue weighted by atomic mass is 10.1. The fraction of sp³-hybridized carbons (Fsp3) is 0.167. The smallest absolute Gasteiger partial charge is 0.387 e. The minimum atomic E-state index is -2.95. The Hall–Kier alpha value is -2.80. The van der Waals surface area contributed by atoms with Crippen LogP contribution in [0, 0.1) is 0 Å². The van der Waals surface area contributed by atoms with Gasteiger partial charge in [-0.15, -0.1) is 0 Å². The molecule has 0 amide bonds. The molecule has 0 unspecified atom stereocenters. The van der Waals surface area contributed by atoms with Gasteiger partial charge in [-0.2, -0.15) is 8.78 Å². The molecule has 3 aromatic rings. The summed E-state index contributed by atoms with van der Waals surface area (Å²) in [6, 6.07) is 10.9.